The number of ether oxygens (including phenoxy) is 2. The number of carbonyl (C=O) groups is 1. The molecule has 3 rings (SSSR count). The number of nitrogens with one attached hydrogen (secondary N) is 1. The van der Waals surface area contributed by atoms with E-state index in [9.17, 15) is 4.79 Å². The van der Waals surface area contributed by atoms with Gasteiger partial charge in [-0.05, 0) is 55.0 Å². The molecule has 0 spiro atoms. The summed E-state index contributed by atoms with van der Waals surface area (Å²) < 4.78 is 12.7. The Labute approximate surface area is 173 Å². The van der Waals surface area contributed by atoms with Gasteiger partial charge in [0.2, 0.25) is 11.1 Å². The lowest BCUT2D eigenvalue weighted by Crippen LogP contribution is -2.15. The van der Waals surface area contributed by atoms with Crippen molar-refractivity contribution in [1.82, 2.24) is 20.2 Å². The van der Waals surface area contributed by atoms with Crippen LogP contribution in [0.3, 0.4) is 0 Å². The predicted octanol–water partition coefficient (Wildman–Crippen LogP) is 3.50. The molecular weight excluding hydrogens is 390 g/mol. The summed E-state index contributed by atoms with van der Waals surface area (Å²) in [6.07, 6.45) is 0. The van der Waals surface area contributed by atoms with E-state index in [0.29, 0.717) is 35.6 Å². The molecule has 0 unspecified atom stereocenters. The van der Waals surface area contributed by atoms with Crippen molar-refractivity contribution in [3.05, 3.63) is 48.0 Å². The number of thioether (sulfide) groups is 1. The van der Waals surface area contributed by atoms with Gasteiger partial charge in [-0.3, -0.25) is 4.79 Å². The van der Waals surface area contributed by atoms with Crippen LogP contribution >= 0.6 is 11.8 Å². The van der Waals surface area contributed by atoms with Crippen LogP contribution in [0.1, 0.15) is 19.4 Å². The number of para-hydroxylation sites is 1. The Hall–Kier alpha value is -3.07. The Morgan fingerprint density at radius 2 is 1.93 bits per heavy atom. The minimum atomic E-state index is -0.191. The van der Waals surface area contributed by atoms with E-state index in [1.807, 2.05) is 51.1 Å². The highest BCUT2D eigenvalue weighted by Crippen LogP contribution is 2.30. The zero-order valence-electron chi connectivity index (χ0n) is 16.6. The molecule has 2 aromatic carbocycles. The van der Waals surface area contributed by atoms with Crippen molar-refractivity contribution >= 4 is 23.4 Å². The molecule has 1 N–H and O–H groups in total. The molecule has 0 fully saturated rings. The number of amides is 1. The summed E-state index contributed by atoms with van der Waals surface area (Å²) in [6.45, 7) is 6.82. The van der Waals surface area contributed by atoms with Crippen LogP contribution in [0.4, 0.5) is 5.69 Å². The molecule has 0 aliphatic carbocycles. The second kappa shape index (κ2) is 9.92. The zero-order valence-corrected chi connectivity index (χ0v) is 17.4. The number of nitrogens with zero attached hydrogens (tertiary/aromatic N) is 4. The van der Waals surface area contributed by atoms with Crippen LogP contribution in [0.25, 0.3) is 5.69 Å². The van der Waals surface area contributed by atoms with Crippen molar-refractivity contribution < 1.29 is 14.3 Å². The first kappa shape index (κ1) is 20.7. The average Bonchev–Trinajstić information content (AvgIpc) is 3.17. The molecule has 29 heavy (non-hydrogen) atoms. The Morgan fingerprint density at radius 1 is 1.14 bits per heavy atom. The van der Waals surface area contributed by atoms with Crippen LogP contribution in [0, 0.1) is 6.92 Å². The first-order chi connectivity index (χ1) is 14.1. The summed E-state index contributed by atoms with van der Waals surface area (Å²) in [4.78, 5) is 12.5. The van der Waals surface area contributed by atoms with Gasteiger partial charge >= 0.3 is 0 Å². The van der Waals surface area contributed by atoms with Crippen LogP contribution in [0.5, 0.6) is 11.5 Å². The summed E-state index contributed by atoms with van der Waals surface area (Å²) >= 11 is 1.26. The minimum absolute atomic E-state index is 0.149. The lowest BCUT2D eigenvalue weighted by molar-refractivity contribution is -0.113. The molecule has 0 aliphatic rings. The fourth-order valence-electron chi connectivity index (χ4n) is 2.68. The Morgan fingerprint density at radius 3 is 2.69 bits per heavy atom. The van der Waals surface area contributed by atoms with E-state index in [1.165, 1.54) is 11.8 Å². The molecular formula is C20H23N5O3S. The number of rotatable bonds is 9. The van der Waals surface area contributed by atoms with Gasteiger partial charge in [0.25, 0.3) is 0 Å². The van der Waals surface area contributed by atoms with Gasteiger partial charge in [-0.15, -0.1) is 5.10 Å². The van der Waals surface area contributed by atoms with E-state index in [2.05, 4.69) is 20.8 Å². The highest BCUT2D eigenvalue weighted by molar-refractivity contribution is 7.99. The van der Waals surface area contributed by atoms with Gasteiger partial charge in [0.05, 0.1) is 30.3 Å². The predicted molar refractivity (Wildman–Crippen MR) is 112 cm³/mol. The fourth-order valence-corrected chi connectivity index (χ4v) is 3.37. The first-order valence-corrected chi connectivity index (χ1v) is 10.3. The van der Waals surface area contributed by atoms with Crippen molar-refractivity contribution in [2.75, 3.05) is 24.3 Å². The summed E-state index contributed by atoms with van der Waals surface area (Å²) in [7, 11) is 0. The SMILES string of the molecule is CCOc1ccc(OCC)c(NC(=O)CSc2nnnn2-c2ccccc2C)c1. The number of hydrogen-bond acceptors (Lipinski definition) is 7. The lowest BCUT2D eigenvalue weighted by atomic mass is 10.2. The average molecular weight is 414 g/mol. The van der Waals surface area contributed by atoms with Gasteiger partial charge in [0.1, 0.15) is 11.5 Å². The summed E-state index contributed by atoms with van der Waals surface area (Å²) in [5, 5.41) is 15.3. The van der Waals surface area contributed by atoms with Crippen molar-refractivity contribution in [2.24, 2.45) is 0 Å². The molecule has 0 saturated heterocycles. The maximum absolute atomic E-state index is 12.5. The van der Waals surface area contributed by atoms with Crippen molar-refractivity contribution in [2.45, 2.75) is 25.9 Å². The maximum Gasteiger partial charge on any atom is 0.234 e. The van der Waals surface area contributed by atoms with E-state index in [4.69, 9.17) is 9.47 Å². The van der Waals surface area contributed by atoms with Crippen LogP contribution in [0.15, 0.2) is 47.6 Å². The van der Waals surface area contributed by atoms with Gasteiger partial charge in [-0.2, -0.15) is 4.68 Å². The summed E-state index contributed by atoms with van der Waals surface area (Å²) in [5.41, 5.74) is 2.49. The van der Waals surface area contributed by atoms with Gasteiger partial charge in [0.15, 0.2) is 0 Å². The molecule has 0 radical (unpaired) electrons. The van der Waals surface area contributed by atoms with E-state index < -0.39 is 0 Å². The molecule has 1 heterocycles. The maximum atomic E-state index is 12.5. The molecule has 8 nitrogen and oxygen atoms in total. The van der Waals surface area contributed by atoms with Crippen LogP contribution in [-0.4, -0.2) is 45.1 Å². The quantitative estimate of drug-likeness (QED) is 0.537. The molecule has 0 bridgehead atoms. The van der Waals surface area contributed by atoms with Gasteiger partial charge in [-0.25, -0.2) is 0 Å². The highest BCUT2D eigenvalue weighted by atomic mass is 32.2. The molecule has 0 saturated carbocycles. The largest absolute Gasteiger partial charge is 0.494 e. The third kappa shape index (κ3) is 5.26. The molecule has 3 aromatic rings. The molecule has 1 aromatic heterocycles. The smallest absolute Gasteiger partial charge is 0.234 e. The molecule has 9 heteroatoms. The molecule has 0 aliphatic heterocycles. The third-order valence-corrected chi connectivity index (χ3v) is 4.87. The van der Waals surface area contributed by atoms with Crippen molar-refractivity contribution in [1.29, 1.82) is 0 Å². The van der Waals surface area contributed by atoms with E-state index in [0.717, 1.165) is 11.3 Å². The third-order valence-electron chi connectivity index (χ3n) is 3.95. The first-order valence-electron chi connectivity index (χ1n) is 9.29. The molecule has 0 atom stereocenters. The summed E-state index contributed by atoms with van der Waals surface area (Å²) in [5.74, 6) is 1.22. The number of anilines is 1. The van der Waals surface area contributed by atoms with Crippen LogP contribution in [0.2, 0.25) is 0 Å². The molecule has 1 amide bonds. The number of hydrogen-bond donors (Lipinski definition) is 1. The second-order valence-electron chi connectivity index (χ2n) is 6.02. The minimum Gasteiger partial charge on any atom is -0.494 e. The van der Waals surface area contributed by atoms with E-state index in [1.54, 1.807) is 16.8 Å². The topological polar surface area (TPSA) is 91.2 Å². The number of tetrazole rings is 1. The Kier molecular flexibility index (Phi) is 7.07. The normalized spacial score (nSPS) is 10.6. The molecule has 152 valence electrons. The van der Waals surface area contributed by atoms with E-state index >= 15 is 0 Å². The summed E-state index contributed by atoms with van der Waals surface area (Å²) in [6, 6.07) is 13.2. The van der Waals surface area contributed by atoms with Crippen LogP contribution < -0.4 is 14.8 Å². The second-order valence-corrected chi connectivity index (χ2v) is 6.96. The number of aromatic nitrogens is 4. The van der Waals surface area contributed by atoms with Crippen molar-refractivity contribution in [3.8, 4) is 17.2 Å². The number of benzene rings is 2. The lowest BCUT2D eigenvalue weighted by Gasteiger charge is -2.13. The Balaban J connectivity index is 1.69. The van der Waals surface area contributed by atoms with E-state index in [-0.39, 0.29) is 11.7 Å². The fraction of sp³-hybridized carbons (Fsp3) is 0.300. The zero-order chi connectivity index (χ0) is 20.6. The van der Waals surface area contributed by atoms with Gasteiger partial charge in [-0.1, -0.05) is 30.0 Å². The monoisotopic (exact) mass is 413 g/mol. The standard InChI is InChI=1S/C20H23N5O3S/c1-4-27-15-10-11-18(28-5-2)16(12-15)21-19(26)13-29-20-22-23-24-25(20)17-9-7-6-8-14(17)3/h6-12H,4-5,13H2,1-3H3,(H,21,26). The van der Waals surface area contributed by atoms with Crippen molar-refractivity contribution in [3.63, 3.8) is 0 Å². The Bertz CT molecular complexity index is 976. The van der Waals surface area contributed by atoms with Gasteiger partial charge in [0, 0.05) is 6.07 Å². The number of carbonyl (C=O) groups excluding carboxylic acids is 1. The number of aryl methyl sites for hydroxylation is 1. The van der Waals surface area contributed by atoms with Gasteiger partial charge < -0.3 is 14.8 Å². The highest BCUT2D eigenvalue weighted by Gasteiger charge is 2.14. The van der Waals surface area contributed by atoms with Crippen LogP contribution in [-0.2, 0) is 4.79 Å².